The van der Waals surface area contributed by atoms with Gasteiger partial charge in [-0.05, 0) is 12.1 Å². The van der Waals surface area contributed by atoms with E-state index < -0.39 is 5.97 Å². The number of hydrogen-bond acceptors (Lipinski definition) is 5. The lowest BCUT2D eigenvalue weighted by molar-refractivity contribution is -0.139. The van der Waals surface area contributed by atoms with Crippen molar-refractivity contribution in [2.75, 3.05) is 6.61 Å². The van der Waals surface area contributed by atoms with E-state index in [0.717, 1.165) is 5.52 Å². The molecule has 0 aliphatic carbocycles. The molecule has 1 aromatic carbocycles. The molecule has 0 saturated heterocycles. The molecule has 1 heterocycles. The molecule has 0 spiro atoms. The van der Waals surface area contributed by atoms with Crippen molar-refractivity contribution in [1.82, 2.24) is 9.97 Å². The maximum absolute atomic E-state index is 11.6. The number of ketones is 1. The number of ether oxygens (including phenoxy) is 1. The number of nitrogens with zero attached hydrogens (tertiary/aromatic N) is 2. The Labute approximate surface area is 97.4 Å². The average Bonchev–Trinajstić information content (AvgIpc) is 2.35. The number of hydrogen-bond donors (Lipinski definition) is 0. The highest BCUT2D eigenvalue weighted by molar-refractivity contribution is 5.97. The van der Waals surface area contributed by atoms with Gasteiger partial charge in [-0.3, -0.25) is 14.6 Å². The third-order valence-corrected chi connectivity index (χ3v) is 2.14. The second-order valence-electron chi connectivity index (χ2n) is 3.45. The zero-order chi connectivity index (χ0) is 12.3. The number of Topliss-reactive ketones (excluding diaryl/α,β-unsaturated/α-hetero) is 1. The average molecular weight is 230 g/mol. The van der Waals surface area contributed by atoms with Crippen molar-refractivity contribution in [2.45, 2.75) is 6.92 Å². The van der Waals surface area contributed by atoms with Crippen LogP contribution in [0.5, 0.6) is 0 Å². The van der Waals surface area contributed by atoms with E-state index in [1.807, 2.05) is 18.2 Å². The lowest BCUT2D eigenvalue weighted by atomic mass is 10.2. The van der Waals surface area contributed by atoms with Crippen molar-refractivity contribution < 1.29 is 14.3 Å². The summed E-state index contributed by atoms with van der Waals surface area (Å²) in [5.74, 6) is -0.856. The number of rotatable bonds is 3. The zero-order valence-electron chi connectivity index (χ0n) is 9.21. The van der Waals surface area contributed by atoms with Gasteiger partial charge in [0.2, 0.25) is 5.78 Å². The number of esters is 1. The molecular weight excluding hydrogens is 220 g/mol. The van der Waals surface area contributed by atoms with Crippen LogP contribution in [-0.4, -0.2) is 28.3 Å². The molecule has 0 atom stereocenters. The maximum Gasteiger partial charge on any atom is 0.303 e. The van der Waals surface area contributed by atoms with Crippen LogP contribution in [-0.2, 0) is 9.53 Å². The summed E-state index contributed by atoms with van der Waals surface area (Å²) in [6.45, 7) is 0.946. The normalized spacial score (nSPS) is 10.2. The van der Waals surface area contributed by atoms with Crippen molar-refractivity contribution in [1.29, 1.82) is 0 Å². The van der Waals surface area contributed by atoms with Crippen LogP contribution in [0.25, 0.3) is 11.0 Å². The van der Waals surface area contributed by atoms with E-state index in [9.17, 15) is 9.59 Å². The predicted octanol–water partition coefficient (Wildman–Crippen LogP) is 1.38. The SMILES string of the molecule is CC(=O)OCC(=O)c1cnc2ccccc2n1. The zero-order valence-corrected chi connectivity index (χ0v) is 9.21. The third-order valence-electron chi connectivity index (χ3n) is 2.14. The summed E-state index contributed by atoms with van der Waals surface area (Å²) in [5.41, 5.74) is 1.56. The summed E-state index contributed by atoms with van der Waals surface area (Å²) < 4.78 is 4.61. The first-order valence-corrected chi connectivity index (χ1v) is 5.05. The number of fused-ring (bicyclic) bond motifs is 1. The number of carbonyl (C=O) groups is 2. The van der Waals surface area contributed by atoms with E-state index >= 15 is 0 Å². The van der Waals surface area contributed by atoms with Gasteiger partial charge in [0.1, 0.15) is 5.69 Å². The Morgan fingerprint density at radius 3 is 2.65 bits per heavy atom. The van der Waals surface area contributed by atoms with Gasteiger partial charge in [-0.1, -0.05) is 12.1 Å². The molecule has 17 heavy (non-hydrogen) atoms. The molecule has 1 aromatic heterocycles. The summed E-state index contributed by atoms with van der Waals surface area (Å²) in [6.07, 6.45) is 1.38. The Bertz CT molecular complexity index is 581. The van der Waals surface area contributed by atoms with Gasteiger partial charge in [0.25, 0.3) is 0 Å². The number of carbonyl (C=O) groups excluding carboxylic acids is 2. The van der Waals surface area contributed by atoms with Gasteiger partial charge < -0.3 is 4.74 Å². The minimum Gasteiger partial charge on any atom is -0.457 e. The molecule has 0 fully saturated rings. The maximum atomic E-state index is 11.6. The second-order valence-corrected chi connectivity index (χ2v) is 3.45. The molecule has 86 valence electrons. The molecule has 0 unspecified atom stereocenters. The number of aromatic nitrogens is 2. The molecule has 0 aliphatic heterocycles. The van der Waals surface area contributed by atoms with Crippen LogP contribution in [0, 0.1) is 0 Å². The summed E-state index contributed by atoms with van der Waals surface area (Å²) in [5, 5.41) is 0. The molecule has 0 N–H and O–H groups in total. The Morgan fingerprint density at radius 2 is 1.94 bits per heavy atom. The van der Waals surface area contributed by atoms with E-state index in [-0.39, 0.29) is 18.1 Å². The molecule has 0 radical (unpaired) electrons. The summed E-state index contributed by atoms with van der Waals surface area (Å²) in [4.78, 5) is 30.4. The minimum atomic E-state index is -0.493. The summed E-state index contributed by atoms with van der Waals surface area (Å²) in [6, 6.07) is 7.24. The Morgan fingerprint density at radius 1 is 1.24 bits per heavy atom. The second kappa shape index (κ2) is 4.69. The topological polar surface area (TPSA) is 69.2 Å². The standard InChI is InChI=1S/C12H10N2O3/c1-8(15)17-7-12(16)11-6-13-9-4-2-3-5-10(9)14-11/h2-6H,7H2,1H3. The molecule has 0 bridgehead atoms. The van der Waals surface area contributed by atoms with Gasteiger partial charge in [0.05, 0.1) is 17.2 Å². The molecular formula is C12H10N2O3. The lowest BCUT2D eigenvalue weighted by Gasteiger charge is -2.02. The first-order valence-electron chi connectivity index (χ1n) is 5.05. The van der Waals surface area contributed by atoms with E-state index in [1.54, 1.807) is 6.07 Å². The summed E-state index contributed by atoms with van der Waals surface area (Å²) >= 11 is 0. The molecule has 2 rings (SSSR count). The van der Waals surface area contributed by atoms with Crippen LogP contribution in [0.4, 0.5) is 0 Å². The molecule has 5 nitrogen and oxygen atoms in total. The van der Waals surface area contributed by atoms with Crippen LogP contribution >= 0.6 is 0 Å². The highest BCUT2D eigenvalue weighted by Gasteiger charge is 2.10. The molecule has 2 aromatic rings. The van der Waals surface area contributed by atoms with Crippen LogP contribution in [0.3, 0.4) is 0 Å². The summed E-state index contributed by atoms with van der Waals surface area (Å²) in [7, 11) is 0. The number of benzene rings is 1. The van der Waals surface area contributed by atoms with Crippen LogP contribution < -0.4 is 0 Å². The van der Waals surface area contributed by atoms with Crippen molar-refractivity contribution in [3.05, 3.63) is 36.2 Å². The van der Waals surface area contributed by atoms with Gasteiger partial charge >= 0.3 is 5.97 Å². The third kappa shape index (κ3) is 2.63. The Balaban J connectivity index is 2.24. The fourth-order valence-corrected chi connectivity index (χ4v) is 1.33. The first-order chi connectivity index (χ1) is 8.16. The fourth-order valence-electron chi connectivity index (χ4n) is 1.33. The monoisotopic (exact) mass is 230 g/mol. The van der Waals surface area contributed by atoms with Crippen molar-refractivity contribution in [2.24, 2.45) is 0 Å². The highest BCUT2D eigenvalue weighted by Crippen LogP contribution is 2.08. The lowest BCUT2D eigenvalue weighted by Crippen LogP contribution is -2.13. The van der Waals surface area contributed by atoms with E-state index in [4.69, 9.17) is 0 Å². The van der Waals surface area contributed by atoms with Crippen LogP contribution in [0.2, 0.25) is 0 Å². The largest absolute Gasteiger partial charge is 0.457 e. The van der Waals surface area contributed by atoms with Crippen molar-refractivity contribution >= 4 is 22.8 Å². The molecule has 0 amide bonds. The van der Waals surface area contributed by atoms with Gasteiger partial charge in [-0.25, -0.2) is 4.98 Å². The predicted molar refractivity (Wildman–Crippen MR) is 60.5 cm³/mol. The highest BCUT2D eigenvalue weighted by atomic mass is 16.5. The van der Waals surface area contributed by atoms with Gasteiger partial charge in [0, 0.05) is 6.92 Å². The van der Waals surface area contributed by atoms with Crippen LogP contribution in [0.1, 0.15) is 17.4 Å². The van der Waals surface area contributed by atoms with E-state index in [1.165, 1.54) is 13.1 Å². The van der Waals surface area contributed by atoms with Gasteiger partial charge in [-0.15, -0.1) is 0 Å². The van der Waals surface area contributed by atoms with Gasteiger partial charge in [-0.2, -0.15) is 0 Å². The first kappa shape index (κ1) is 11.2. The number of para-hydroxylation sites is 2. The Kier molecular flexibility index (Phi) is 3.09. The smallest absolute Gasteiger partial charge is 0.303 e. The van der Waals surface area contributed by atoms with Crippen LogP contribution in [0.15, 0.2) is 30.5 Å². The van der Waals surface area contributed by atoms with Crippen molar-refractivity contribution in [3.8, 4) is 0 Å². The van der Waals surface area contributed by atoms with E-state index in [2.05, 4.69) is 14.7 Å². The molecule has 0 saturated carbocycles. The quantitative estimate of drug-likeness (QED) is 0.588. The minimum absolute atomic E-state index is 0.199. The fraction of sp³-hybridized carbons (Fsp3) is 0.167. The molecule has 5 heteroatoms. The van der Waals surface area contributed by atoms with Gasteiger partial charge in [0.15, 0.2) is 6.61 Å². The molecule has 0 aliphatic rings. The Hall–Kier alpha value is -2.30. The van der Waals surface area contributed by atoms with Crippen molar-refractivity contribution in [3.63, 3.8) is 0 Å². The van der Waals surface area contributed by atoms with E-state index in [0.29, 0.717) is 5.52 Å².